The molecule has 0 aromatic heterocycles. The predicted octanol–water partition coefficient (Wildman–Crippen LogP) is 5.38. The number of hydrogen-bond donors (Lipinski definition) is 4. The minimum absolute atomic E-state index is 0.0469. The van der Waals surface area contributed by atoms with Crippen LogP contribution in [0.1, 0.15) is 52.6 Å². The number of benzene rings is 4. The van der Waals surface area contributed by atoms with Crippen LogP contribution in [0.15, 0.2) is 60.7 Å². The molecule has 0 aliphatic heterocycles. The SMILES string of the molecule is COc1cc(Nc2cccc3c2C(=O)c2cccc(Nc4cc(OC)c(OC)cc4C(=O)O)c2C3=O)c(C(=O)O)cc1OC. The molecule has 0 spiro atoms. The summed E-state index contributed by atoms with van der Waals surface area (Å²) in [6, 6.07) is 14.7. The Morgan fingerprint density at radius 3 is 1.20 bits per heavy atom. The maximum absolute atomic E-state index is 14.0. The van der Waals surface area contributed by atoms with Crippen LogP contribution in [0.2, 0.25) is 0 Å². The summed E-state index contributed by atoms with van der Waals surface area (Å²) >= 11 is 0. The van der Waals surface area contributed by atoms with Crippen LogP contribution in [-0.4, -0.2) is 62.2 Å². The van der Waals surface area contributed by atoms with Crippen molar-refractivity contribution in [3.8, 4) is 23.0 Å². The maximum Gasteiger partial charge on any atom is 0.337 e. The Balaban J connectivity index is 1.60. The molecule has 1 aliphatic carbocycles. The quantitative estimate of drug-likeness (QED) is 0.162. The van der Waals surface area contributed by atoms with Gasteiger partial charge in [-0.2, -0.15) is 0 Å². The molecule has 0 radical (unpaired) electrons. The summed E-state index contributed by atoms with van der Waals surface area (Å²) in [4.78, 5) is 52.0. The van der Waals surface area contributed by atoms with Crippen LogP contribution in [0.3, 0.4) is 0 Å². The number of hydrogen-bond acceptors (Lipinski definition) is 10. The molecule has 0 saturated heterocycles. The third-order valence-electron chi connectivity index (χ3n) is 7.12. The molecule has 44 heavy (non-hydrogen) atoms. The Kier molecular flexibility index (Phi) is 7.82. The number of ketones is 2. The molecule has 12 heteroatoms. The van der Waals surface area contributed by atoms with Gasteiger partial charge >= 0.3 is 11.9 Å². The number of fused-ring (bicyclic) bond motifs is 2. The lowest BCUT2D eigenvalue weighted by molar-refractivity contribution is 0.0686. The van der Waals surface area contributed by atoms with Gasteiger partial charge in [0.25, 0.3) is 0 Å². The lowest BCUT2D eigenvalue weighted by Crippen LogP contribution is -2.23. The highest BCUT2D eigenvalue weighted by Gasteiger charge is 2.34. The monoisotopic (exact) mass is 598 g/mol. The van der Waals surface area contributed by atoms with Crippen molar-refractivity contribution in [1.82, 2.24) is 0 Å². The van der Waals surface area contributed by atoms with Gasteiger partial charge in [-0.15, -0.1) is 0 Å². The number of methoxy groups -OCH3 is 4. The number of carboxylic acids is 2. The second-order valence-electron chi connectivity index (χ2n) is 9.48. The molecule has 0 unspecified atom stereocenters. The van der Waals surface area contributed by atoms with E-state index in [9.17, 15) is 29.4 Å². The van der Waals surface area contributed by atoms with Gasteiger partial charge in [-0.3, -0.25) is 9.59 Å². The van der Waals surface area contributed by atoms with Gasteiger partial charge in [-0.05, 0) is 12.1 Å². The zero-order chi connectivity index (χ0) is 31.7. The van der Waals surface area contributed by atoms with Crippen LogP contribution in [0.5, 0.6) is 23.0 Å². The third-order valence-corrected chi connectivity index (χ3v) is 7.12. The molecule has 5 rings (SSSR count). The van der Waals surface area contributed by atoms with Crippen LogP contribution in [0.25, 0.3) is 0 Å². The molecule has 0 fully saturated rings. The van der Waals surface area contributed by atoms with E-state index in [1.165, 1.54) is 64.8 Å². The van der Waals surface area contributed by atoms with Gasteiger partial charge in [0.1, 0.15) is 0 Å². The highest BCUT2D eigenvalue weighted by Crippen LogP contribution is 2.41. The van der Waals surface area contributed by atoms with Crippen LogP contribution in [0.4, 0.5) is 22.7 Å². The van der Waals surface area contributed by atoms with Gasteiger partial charge in [0.05, 0.1) is 73.4 Å². The van der Waals surface area contributed by atoms with Gasteiger partial charge in [0.2, 0.25) is 0 Å². The van der Waals surface area contributed by atoms with Crippen molar-refractivity contribution in [2.24, 2.45) is 0 Å². The number of aromatic carboxylic acids is 2. The Labute approximate surface area is 250 Å². The number of carboxylic acid groups (broad SMARTS) is 2. The molecule has 12 nitrogen and oxygen atoms in total. The minimum atomic E-state index is -1.25. The van der Waals surface area contributed by atoms with Gasteiger partial charge in [0.15, 0.2) is 34.6 Å². The standard InChI is InChI=1S/C32H26N2O10/c1-41-23-11-17(31(37)38)21(13-25(23)43-3)33-19-9-5-7-15-27(19)29(35)16-8-6-10-20(28(16)30(15)36)34-22-14-26(44-4)24(42-2)12-18(22)32(39)40/h5-14,33-34H,1-4H3,(H,37,38)(H,39,40). The maximum atomic E-state index is 14.0. The summed E-state index contributed by atoms with van der Waals surface area (Å²) in [6.07, 6.45) is 0. The Hall–Kier alpha value is -6.04. The van der Waals surface area contributed by atoms with E-state index in [-0.39, 0.29) is 79.1 Å². The molecule has 0 amide bonds. The Morgan fingerprint density at radius 1 is 0.545 bits per heavy atom. The summed E-state index contributed by atoms with van der Waals surface area (Å²) in [6.45, 7) is 0. The topological polar surface area (TPSA) is 170 Å². The summed E-state index contributed by atoms with van der Waals surface area (Å²) in [7, 11) is 5.56. The average Bonchev–Trinajstić information content (AvgIpc) is 3.02. The first-order valence-electron chi connectivity index (χ1n) is 13.0. The summed E-state index contributed by atoms with van der Waals surface area (Å²) in [5.74, 6) is -2.59. The van der Waals surface area contributed by atoms with E-state index in [4.69, 9.17) is 18.9 Å². The van der Waals surface area contributed by atoms with Crippen molar-refractivity contribution >= 4 is 46.3 Å². The van der Waals surface area contributed by atoms with Crippen LogP contribution in [-0.2, 0) is 0 Å². The zero-order valence-electron chi connectivity index (χ0n) is 23.9. The average molecular weight is 599 g/mol. The van der Waals surface area contributed by atoms with Gasteiger partial charge in [-0.25, -0.2) is 9.59 Å². The van der Waals surface area contributed by atoms with Crippen molar-refractivity contribution < 1.29 is 48.3 Å². The molecule has 4 aromatic rings. The largest absolute Gasteiger partial charge is 0.493 e. The summed E-state index contributed by atoms with van der Waals surface area (Å²) in [5, 5.41) is 25.7. The lowest BCUT2D eigenvalue weighted by atomic mass is 9.82. The van der Waals surface area contributed by atoms with E-state index in [1.807, 2.05) is 0 Å². The zero-order valence-corrected chi connectivity index (χ0v) is 23.9. The third kappa shape index (κ3) is 4.98. The van der Waals surface area contributed by atoms with E-state index in [0.29, 0.717) is 0 Å². The number of nitrogens with one attached hydrogen (secondary N) is 2. The molecular weight excluding hydrogens is 572 g/mol. The number of anilines is 4. The Morgan fingerprint density at radius 2 is 0.886 bits per heavy atom. The fraction of sp³-hybridized carbons (Fsp3) is 0.125. The second-order valence-corrected chi connectivity index (χ2v) is 9.48. The second kappa shape index (κ2) is 11.7. The highest BCUT2D eigenvalue weighted by molar-refractivity contribution is 6.32. The molecule has 0 saturated carbocycles. The normalized spacial score (nSPS) is 11.6. The highest BCUT2D eigenvalue weighted by atomic mass is 16.5. The van der Waals surface area contributed by atoms with Crippen LogP contribution >= 0.6 is 0 Å². The first-order chi connectivity index (χ1) is 21.1. The minimum Gasteiger partial charge on any atom is -0.493 e. The molecule has 224 valence electrons. The van der Waals surface area contributed by atoms with Crippen LogP contribution in [0, 0.1) is 0 Å². The summed E-state index contributed by atoms with van der Waals surface area (Å²) in [5.41, 5.74) is 0.572. The number of carbonyl (C=O) groups is 4. The van der Waals surface area contributed by atoms with Crippen LogP contribution < -0.4 is 29.6 Å². The smallest absolute Gasteiger partial charge is 0.337 e. The number of ether oxygens (including phenoxy) is 4. The molecule has 0 bridgehead atoms. The van der Waals surface area contributed by atoms with Gasteiger partial charge in [0, 0.05) is 35.4 Å². The van der Waals surface area contributed by atoms with Crippen molar-refractivity contribution in [2.75, 3.05) is 39.1 Å². The van der Waals surface area contributed by atoms with Crippen molar-refractivity contribution in [3.63, 3.8) is 0 Å². The summed E-state index contributed by atoms with van der Waals surface area (Å²) < 4.78 is 21.1. The lowest BCUT2D eigenvalue weighted by Gasteiger charge is -2.24. The van der Waals surface area contributed by atoms with Crippen molar-refractivity contribution in [3.05, 3.63) is 94.0 Å². The number of carbonyl (C=O) groups excluding carboxylic acids is 2. The molecular formula is C32H26N2O10. The van der Waals surface area contributed by atoms with Crippen molar-refractivity contribution in [2.45, 2.75) is 0 Å². The van der Waals surface area contributed by atoms with Gasteiger partial charge < -0.3 is 39.8 Å². The molecule has 0 heterocycles. The van der Waals surface area contributed by atoms with E-state index >= 15 is 0 Å². The fourth-order valence-corrected chi connectivity index (χ4v) is 5.06. The molecule has 4 aromatic carbocycles. The van der Waals surface area contributed by atoms with Gasteiger partial charge in [-0.1, -0.05) is 24.3 Å². The van der Waals surface area contributed by atoms with E-state index in [0.717, 1.165) is 0 Å². The predicted molar refractivity (Wildman–Crippen MR) is 159 cm³/mol. The molecule has 4 N–H and O–H groups in total. The molecule has 0 atom stereocenters. The fourth-order valence-electron chi connectivity index (χ4n) is 5.06. The molecule has 1 aliphatic rings. The van der Waals surface area contributed by atoms with E-state index in [1.54, 1.807) is 24.3 Å². The Bertz CT molecular complexity index is 1730. The van der Waals surface area contributed by atoms with Crippen molar-refractivity contribution in [1.29, 1.82) is 0 Å². The van der Waals surface area contributed by atoms with E-state index < -0.39 is 23.5 Å². The number of rotatable bonds is 10. The van der Waals surface area contributed by atoms with E-state index in [2.05, 4.69) is 10.6 Å². The first kappa shape index (κ1) is 29.5. The first-order valence-corrected chi connectivity index (χ1v) is 13.0.